The first-order chi connectivity index (χ1) is 8.90. The molecule has 5 heteroatoms. The Bertz CT molecular complexity index is 394. The van der Waals surface area contributed by atoms with Crippen LogP contribution in [0.4, 0.5) is 0 Å². The summed E-state index contributed by atoms with van der Waals surface area (Å²) in [5.74, 6) is 0.0296. The molecule has 1 aromatic heterocycles. The van der Waals surface area contributed by atoms with Crippen LogP contribution in [0.1, 0.15) is 26.3 Å². The molecule has 19 heavy (non-hydrogen) atoms. The molecule has 1 amide bonds. The van der Waals surface area contributed by atoms with Crippen LogP contribution in [0, 0.1) is 0 Å². The van der Waals surface area contributed by atoms with Crippen molar-refractivity contribution >= 4 is 5.91 Å². The van der Waals surface area contributed by atoms with Gasteiger partial charge in [-0.15, -0.1) is 0 Å². The Morgan fingerprint density at radius 3 is 2.79 bits per heavy atom. The second kappa shape index (κ2) is 7.31. The molecule has 1 aromatic rings. The highest BCUT2D eigenvalue weighted by molar-refractivity contribution is 5.76. The van der Waals surface area contributed by atoms with E-state index in [1.807, 2.05) is 43.8 Å². The second-order valence-corrected chi connectivity index (χ2v) is 5.66. The lowest BCUT2D eigenvalue weighted by Gasteiger charge is -2.20. The molecule has 0 saturated heterocycles. The maximum Gasteiger partial charge on any atom is 0.240 e. The molecule has 1 heterocycles. The molecule has 0 aliphatic rings. The van der Waals surface area contributed by atoms with Crippen molar-refractivity contribution in [1.29, 1.82) is 0 Å². The number of aromatic nitrogens is 1. The molecule has 108 valence electrons. The Kier molecular flexibility index (Phi) is 6.05. The van der Waals surface area contributed by atoms with Gasteiger partial charge in [-0.25, -0.2) is 0 Å². The first kappa shape index (κ1) is 15.7. The number of nitrogens with one attached hydrogen (secondary N) is 2. The van der Waals surface area contributed by atoms with Crippen molar-refractivity contribution in [3.05, 3.63) is 24.0 Å². The van der Waals surface area contributed by atoms with E-state index in [0.29, 0.717) is 13.2 Å². The van der Waals surface area contributed by atoms with Crippen molar-refractivity contribution in [2.24, 2.45) is 0 Å². The molecular formula is C14H25N3O2. The number of nitrogens with zero attached hydrogens (tertiary/aromatic N) is 1. The van der Waals surface area contributed by atoms with Gasteiger partial charge >= 0.3 is 0 Å². The van der Waals surface area contributed by atoms with E-state index in [-0.39, 0.29) is 11.4 Å². The molecule has 0 unspecified atom stereocenters. The number of methoxy groups -OCH3 is 1. The predicted octanol–water partition coefficient (Wildman–Crippen LogP) is 1.14. The van der Waals surface area contributed by atoms with Gasteiger partial charge in [0.2, 0.25) is 5.91 Å². The summed E-state index contributed by atoms with van der Waals surface area (Å²) < 4.78 is 6.86. The molecule has 0 aliphatic carbocycles. The number of rotatable bonds is 7. The van der Waals surface area contributed by atoms with Crippen LogP contribution in [0.5, 0.6) is 0 Å². The van der Waals surface area contributed by atoms with Crippen molar-refractivity contribution < 1.29 is 9.53 Å². The molecule has 2 N–H and O–H groups in total. The molecule has 5 nitrogen and oxygen atoms in total. The Labute approximate surface area is 115 Å². The summed E-state index contributed by atoms with van der Waals surface area (Å²) >= 11 is 0. The van der Waals surface area contributed by atoms with Crippen molar-refractivity contribution in [1.82, 2.24) is 15.2 Å². The van der Waals surface area contributed by atoms with E-state index in [2.05, 4.69) is 10.6 Å². The number of hydrogen-bond acceptors (Lipinski definition) is 3. The van der Waals surface area contributed by atoms with Gasteiger partial charge in [0.25, 0.3) is 0 Å². The van der Waals surface area contributed by atoms with E-state index >= 15 is 0 Å². The fourth-order valence-electron chi connectivity index (χ4n) is 1.72. The molecule has 0 fully saturated rings. The van der Waals surface area contributed by atoms with Gasteiger partial charge in [0.15, 0.2) is 0 Å². The summed E-state index contributed by atoms with van der Waals surface area (Å²) in [4.78, 5) is 11.8. The zero-order valence-corrected chi connectivity index (χ0v) is 12.3. The summed E-state index contributed by atoms with van der Waals surface area (Å²) in [6.45, 7) is 8.61. The minimum Gasteiger partial charge on any atom is -0.383 e. The van der Waals surface area contributed by atoms with E-state index in [1.54, 1.807) is 7.11 Å². The third kappa shape index (κ3) is 6.98. The molecule has 0 aromatic carbocycles. The average Bonchev–Trinajstić information content (AvgIpc) is 2.69. The molecule has 0 aliphatic heterocycles. The van der Waals surface area contributed by atoms with Gasteiger partial charge in [-0.2, -0.15) is 0 Å². The topological polar surface area (TPSA) is 55.3 Å². The molecule has 0 spiro atoms. The normalized spacial score (nSPS) is 11.6. The molecule has 0 saturated carbocycles. The summed E-state index contributed by atoms with van der Waals surface area (Å²) in [6, 6.07) is 2.02. The van der Waals surface area contributed by atoms with Crippen molar-refractivity contribution in [3.8, 4) is 0 Å². The largest absolute Gasteiger partial charge is 0.383 e. The standard InChI is InChI=1S/C14H25N3O2/c1-14(2,3)16-13(18)11-17-7-5-12(10-17)9-15-6-8-19-4/h5,7,10,15H,6,8-9,11H2,1-4H3,(H,16,18). The number of hydrogen-bond donors (Lipinski definition) is 2. The van der Waals surface area contributed by atoms with Gasteiger partial charge in [0.05, 0.1) is 6.61 Å². The highest BCUT2D eigenvalue weighted by Crippen LogP contribution is 2.03. The monoisotopic (exact) mass is 267 g/mol. The second-order valence-electron chi connectivity index (χ2n) is 5.66. The first-order valence-electron chi connectivity index (χ1n) is 6.56. The molecule has 0 radical (unpaired) electrons. The van der Waals surface area contributed by atoms with Crippen molar-refractivity contribution in [3.63, 3.8) is 0 Å². The van der Waals surface area contributed by atoms with Crippen LogP contribution < -0.4 is 10.6 Å². The molecule has 0 atom stereocenters. The average molecular weight is 267 g/mol. The number of amides is 1. The highest BCUT2D eigenvalue weighted by Gasteiger charge is 2.13. The van der Waals surface area contributed by atoms with E-state index in [9.17, 15) is 4.79 Å². The van der Waals surface area contributed by atoms with Crippen molar-refractivity contribution in [2.75, 3.05) is 20.3 Å². The Morgan fingerprint density at radius 1 is 1.42 bits per heavy atom. The van der Waals surface area contributed by atoms with Crippen LogP contribution in [0.2, 0.25) is 0 Å². The van der Waals surface area contributed by atoms with Gasteiger partial charge < -0.3 is 19.9 Å². The van der Waals surface area contributed by atoms with Gasteiger partial charge in [-0.1, -0.05) is 0 Å². The van der Waals surface area contributed by atoms with Crippen LogP contribution >= 0.6 is 0 Å². The van der Waals surface area contributed by atoms with Crippen LogP contribution in [0.15, 0.2) is 18.5 Å². The highest BCUT2D eigenvalue weighted by atomic mass is 16.5. The quantitative estimate of drug-likeness (QED) is 0.728. The molecular weight excluding hydrogens is 242 g/mol. The van der Waals surface area contributed by atoms with E-state index in [4.69, 9.17) is 4.74 Å². The zero-order valence-electron chi connectivity index (χ0n) is 12.3. The smallest absolute Gasteiger partial charge is 0.240 e. The van der Waals surface area contributed by atoms with E-state index in [0.717, 1.165) is 13.1 Å². The fraction of sp³-hybridized carbons (Fsp3) is 0.643. The minimum absolute atomic E-state index is 0.0296. The lowest BCUT2D eigenvalue weighted by molar-refractivity contribution is -0.123. The van der Waals surface area contributed by atoms with E-state index in [1.165, 1.54) is 5.56 Å². The Hall–Kier alpha value is -1.33. The maximum atomic E-state index is 11.8. The van der Waals surface area contributed by atoms with Crippen LogP contribution in [0.3, 0.4) is 0 Å². The summed E-state index contributed by atoms with van der Waals surface area (Å²) in [6.07, 6.45) is 3.91. The number of carbonyl (C=O) groups excluding carboxylic acids is 1. The third-order valence-electron chi connectivity index (χ3n) is 2.46. The van der Waals surface area contributed by atoms with E-state index < -0.39 is 0 Å². The molecule has 1 rings (SSSR count). The number of ether oxygens (including phenoxy) is 1. The fourth-order valence-corrected chi connectivity index (χ4v) is 1.72. The summed E-state index contributed by atoms with van der Waals surface area (Å²) in [5.41, 5.74) is 0.981. The Morgan fingerprint density at radius 2 is 2.16 bits per heavy atom. The van der Waals surface area contributed by atoms with Crippen molar-refractivity contribution in [2.45, 2.75) is 39.4 Å². The SMILES string of the molecule is COCCNCc1ccn(CC(=O)NC(C)(C)C)c1. The zero-order chi connectivity index (χ0) is 14.3. The third-order valence-corrected chi connectivity index (χ3v) is 2.46. The van der Waals surface area contributed by atoms with Gasteiger partial charge in [-0.05, 0) is 32.4 Å². The predicted molar refractivity (Wildman–Crippen MR) is 75.9 cm³/mol. The van der Waals surface area contributed by atoms with Gasteiger partial charge in [0, 0.05) is 38.1 Å². The maximum absolute atomic E-state index is 11.8. The lowest BCUT2D eigenvalue weighted by atomic mass is 10.1. The first-order valence-corrected chi connectivity index (χ1v) is 6.56. The van der Waals surface area contributed by atoms with Gasteiger partial charge in [-0.3, -0.25) is 4.79 Å². The summed E-state index contributed by atoms with van der Waals surface area (Å²) in [5, 5.41) is 6.21. The lowest BCUT2D eigenvalue weighted by Crippen LogP contribution is -2.42. The molecule has 0 bridgehead atoms. The van der Waals surface area contributed by atoms with Crippen LogP contribution in [0.25, 0.3) is 0 Å². The number of carbonyl (C=O) groups is 1. The van der Waals surface area contributed by atoms with Crippen LogP contribution in [-0.2, 0) is 22.6 Å². The van der Waals surface area contributed by atoms with Gasteiger partial charge in [0.1, 0.15) is 6.54 Å². The summed E-state index contributed by atoms with van der Waals surface area (Å²) in [7, 11) is 1.69. The van der Waals surface area contributed by atoms with Crippen LogP contribution in [-0.4, -0.2) is 36.3 Å². The Balaban J connectivity index is 2.36. The minimum atomic E-state index is -0.186.